The number of benzene rings is 1. The number of anilines is 1. The fourth-order valence-electron chi connectivity index (χ4n) is 2.17. The molecule has 0 aliphatic carbocycles. The number of carboxylic acids is 1. The largest absolute Gasteiger partial charge is 0.505 e. The van der Waals surface area contributed by atoms with Gasteiger partial charge in [-0.05, 0) is 23.8 Å². The van der Waals surface area contributed by atoms with E-state index in [1.54, 1.807) is 41.2 Å². The van der Waals surface area contributed by atoms with Gasteiger partial charge in [0.1, 0.15) is 10.6 Å². The molecule has 0 aliphatic heterocycles. The molecular weight excluding hydrogens is 408 g/mol. The molecular formula is C18H17ClN2O4S2. The number of aliphatic hydroxyl groups excluding tert-OH is 1. The summed E-state index contributed by atoms with van der Waals surface area (Å²) < 4.78 is 1.96. The van der Waals surface area contributed by atoms with E-state index >= 15 is 0 Å². The second-order valence-corrected chi connectivity index (χ2v) is 8.02. The molecule has 0 unspecified atom stereocenters. The van der Waals surface area contributed by atoms with Crippen LogP contribution >= 0.6 is 34.5 Å². The van der Waals surface area contributed by atoms with Gasteiger partial charge >= 0.3 is 5.97 Å². The number of halogens is 1. The number of aliphatic hydroxyl groups is 1. The first-order valence-corrected chi connectivity index (χ1v) is 9.67. The quantitative estimate of drug-likeness (QED) is 0.315. The summed E-state index contributed by atoms with van der Waals surface area (Å²) in [6, 6.07) is 6.99. The number of carbonyl (C=O) groups is 2. The first-order chi connectivity index (χ1) is 12.8. The summed E-state index contributed by atoms with van der Waals surface area (Å²) in [5.74, 6) is -1.20. The summed E-state index contributed by atoms with van der Waals surface area (Å²) in [5, 5.41) is 20.5. The third-order valence-corrected chi connectivity index (χ3v) is 5.37. The number of aromatic nitrogens is 1. The lowest BCUT2D eigenvalue weighted by Crippen LogP contribution is -2.00. The third kappa shape index (κ3) is 5.72. The van der Waals surface area contributed by atoms with Crippen molar-refractivity contribution < 1.29 is 19.8 Å². The number of allylic oxidation sites excluding steroid dienone is 2. The van der Waals surface area contributed by atoms with E-state index in [4.69, 9.17) is 27.5 Å². The van der Waals surface area contributed by atoms with Crippen LogP contribution in [-0.4, -0.2) is 26.4 Å². The number of nitrogens with zero attached hydrogens (tertiary/aromatic N) is 1. The molecule has 2 aromatic heterocycles. The van der Waals surface area contributed by atoms with Gasteiger partial charge in [-0.2, -0.15) is 0 Å². The van der Waals surface area contributed by atoms with Crippen LogP contribution in [0.15, 0.2) is 47.7 Å². The molecule has 0 saturated heterocycles. The summed E-state index contributed by atoms with van der Waals surface area (Å²) in [6.07, 6.45) is 4.53. The second kappa shape index (κ2) is 9.40. The van der Waals surface area contributed by atoms with Crippen LogP contribution in [0.3, 0.4) is 0 Å². The van der Waals surface area contributed by atoms with E-state index in [9.17, 15) is 9.59 Å². The molecule has 9 heteroatoms. The summed E-state index contributed by atoms with van der Waals surface area (Å²) in [6.45, 7) is 0. The Kier molecular flexibility index (Phi) is 7.23. The van der Waals surface area contributed by atoms with Crippen molar-refractivity contribution >= 4 is 51.7 Å². The Morgan fingerprint density at radius 2 is 1.93 bits per heavy atom. The van der Waals surface area contributed by atoms with Crippen molar-refractivity contribution in [3.8, 4) is 11.1 Å². The Bertz CT molecular complexity index is 943. The van der Waals surface area contributed by atoms with Crippen molar-refractivity contribution in [2.24, 2.45) is 7.05 Å². The van der Waals surface area contributed by atoms with Gasteiger partial charge in [0.15, 0.2) is 12.0 Å². The van der Waals surface area contributed by atoms with Crippen LogP contribution in [0.4, 0.5) is 5.00 Å². The molecule has 6 nitrogen and oxygen atoms in total. The zero-order valence-electron chi connectivity index (χ0n) is 14.3. The predicted molar refractivity (Wildman–Crippen MR) is 110 cm³/mol. The van der Waals surface area contributed by atoms with Gasteiger partial charge in [0.05, 0.1) is 0 Å². The summed E-state index contributed by atoms with van der Waals surface area (Å²) in [7, 11) is 1.94. The highest BCUT2D eigenvalue weighted by Gasteiger charge is 2.17. The van der Waals surface area contributed by atoms with Crippen molar-refractivity contribution in [3.05, 3.63) is 63.1 Å². The molecule has 3 aromatic rings. The molecule has 0 spiro atoms. The summed E-state index contributed by atoms with van der Waals surface area (Å²) in [5.41, 5.74) is 7.21. The number of carboxylic acid groups (broad SMARTS) is 1. The lowest BCUT2D eigenvalue weighted by molar-refractivity contribution is -0.107. The number of nitrogen functional groups attached to an aromatic ring is 1. The maximum Gasteiger partial charge on any atom is 0.339 e. The van der Waals surface area contributed by atoms with E-state index < -0.39 is 5.97 Å². The SMILES string of the molecule is Cn1cc(C/C=C(\O)C=O)s1.Nc1scc(-c2ccc(Cl)cc2)c1C(=O)O. The maximum absolute atomic E-state index is 11.0. The molecule has 0 fully saturated rings. The first kappa shape index (κ1) is 20.8. The Balaban J connectivity index is 0.000000208. The van der Waals surface area contributed by atoms with Crippen LogP contribution in [0.25, 0.3) is 11.1 Å². The Morgan fingerprint density at radius 1 is 1.30 bits per heavy atom. The normalized spacial score (nSPS) is 11.0. The van der Waals surface area contributed by atoms with Gasteiger partial charge in [0, 0.05) is 40.5 Å². The zero-order chi connectivity index (χ0) is 20.0. The van der Waals surface area contributed by atoms with Crippen molar-refractivity contribution in [1.29, 1.82) is 0 Å². The monoisotopic (exact) mass is 424 g/mol. The number of thiophene rings is 1. The molecule has 0 bridgehead atoms. The number of aryl methyl sites for hydroxylation is 1. The number of aldehydes is 1. The molecule has 0 atom stereocenters. The minimum absolute atomic E-state index is 0.160. The van der Waals surface area contributed by atoms with Gasteiger partial charge in [-0.25, -0.2) is 4.79 Å². The standard InChI is InChI=1S/C11H8ClNO2S.C7H9NO2S/c12-7-3-1-6(2-4-7)8-5-16-10(13)9(8)11(14)15;1-8-4-7(11-8)3-2-6(10)5-9/h1-5H,13H2,(H,14,15);2,4-5,10H,3H2,1H3/b;6-2-. The van der Waals surface area contributed by atoms with Crippen LogP contribution in [0, 0.1) is 0 Å². The van der Waals surface area contributed by atoms with E-state index in [1.807, 2.05) is 17.2 Å². The highest BCUT2D eigenvalue weighted by Crippen LogP contribution is 2.33. The number of nitrogens with two attached hydrogens (primary N) is 1. The number of aromatic carboxylic acids is 1. The average Bonchev–Trinajstić information content (AvgIpc) is 3.00. The molecule has 142 valence electrons. The van der Waals surface area contributed by atoms with E-state index in [2.05, 4.69) is 0 Å². The summed E-state index contributed by atoms with van der Waals surface area (Å²) in [4.78, 5) is 22.1. The highest BCUT2D eigenvalue weighted by atomic mass is 35.5. The van der Waals surface area contributed by atoms with Crippen LogP contribution in [0.2, 0.25) is 5.02 Å². The molecule has 0 saturated carbocycles. The molecule has 27 heavy (non-hydrogen) atoms. The molecule has 4 N–H and O–H groups in total. The lowest BCUT2D eigenvalue weighted by atomic mass is 10.0. The van der Waals surface area contributed by atoms with Crippen molar-refractivity contribution in [2.75, 3.05) is 5.73 Å². The Morgan fingerprint density at radius 3 is 2.44 bits per heavy atom. The van der Waals surface area contributed by atoms with Crippen LogP contribution in [0.5, 0.6) is 0 Å². The Hall–Kier alpha value is -2.55. The molecule has 0 radical (unpaired) electrons. The molecule has 3 rings (SSSR count). The number of hydrogen-bond donors (Lipinski definition) is 3. The van der Waals surface area contributed by atoms with Gasteiger partial charge in [0.25, 0.3) is 0 Å². The fraction of sp³-hybridized carbons (Fsp3) is 0.111. The zero-order valence-corrected chi connectivity index (χ0v) is 16.6. The van der Waals surface area contributed by atoms with E-state index in [1.165, 1.54) is 17.4 Å². The minimum atomic E-state index is -1.01. The molecule has 2 heterocycles. The fourth-order valence-corrected chi connectivity index (χ4v) is 3.86. The first-order valence-electron chi connectivity index (χ1n) is 7.63. The van der Waals surface area contributed by atoms with Crippen molar-refractivity contribution in [3.63, 3.8) is 0 Å². The van der Waals surface area contributed by atoms with Crippen LogP contribution < -0.4 is 5.73 Å². The number of rotatable bonds is 5. The number of carbonyl (C=O) groups excluding carboxylic acids is 1. The van der Waals surface area contributed by atoms with Gasteiger partial charge in [-0.3, -0.25) is 4.79 Å². The summed E-state index contributed by atoms with van der Waals surface area (Å²) >= 11 is 8.59. The van der Waals surface area contributed by atoms with Gasteiger partial charge in [-0.1, -0.05) is 35.3 Å². The van der Waals surface area contributed by atoms with Gasteiger partial charge in [0.2, 0.25) is 0 Å². The topological polar surface area (TPSA) is 106 Å². The molecule has 1 aromatic carbocycles. The smallest absolute Gasteiger partial charge is 0.339 e. The highest BCUT2D eigenvalue weighted by molar-refractivity contribution is 7.15. The second-order valence-electron chi connectivity index (χ2n) is 5.38. The third-order valence-electron chi connectivity index (χ3n) is 3.41. The predicted octanol–water partition coefficient (Wildman–Crippen LogP) is 4.62. The van der Waals surface area contributed by atoms with Crippen LogP contribution in [-0.2, 0) is 18.3 Å². The maximum atomic E-state index is 11.0. The van der Waals surface area contributed by atoms with Crippen molar-refractivity contribution in [1.82, 2.24) is 3.96 Å². The minimum Gasteiger partial charge on any atom is -0.505 e. The molecule has 0 aliphatic rings. The van der Waals surface area contributed by atoms with Gasteiger partial charge < -0.3 is 19.9 Å². The van der Waals surface area contributed by atoms with E-state index in [0.717, 1.165) is 10.4 Å². The molecule has 0 amide bonds. The van der Waals surface area contributed by atoms with E-state index in [-0.39, 0.29) is 11.3 Å². The Labute approximate surface area is 168 Å². The van der Waals surface area contributed by atoms with Gasteiger partial charge in [-0.15, -0.1) is 11.3 Å². The number of hydrogen-bond acceptors (Lipinski definition) is 6. The van der Waals surface area contributed by atoms with Crippen LogP contribution in [0.1, 0.15) is 15.2 Å². The van der Waals surface area contributed by atoms with Crippen molar-refractivity contribution in [2.45, 2.75) is 6.42 Å². The lowest BCUT2D eigenvalue weighted by Gasteiger charge is -2.05. The average molecular weight is 425 g/mol. The van der Waals surface area contributed by atoms with E-state index in [0.29, 0.717) is 28.3 Å².